The zero-order valence-electron chi connectivity index (χ0n) is 11.3. The second-order valence-corrected chi connectivity index (χ2v) is 6.07. The molecule has 2 N–H and O–H groups in total. The summed E-state index contributed by atoms with van der Waals surface area (Å²) in [5.74, 6) is 0.573. The van der Waals surface area contributed by atoms with Crippen LogP contribution in [0.5, 0.6) is 0 Å². The predicted molar refractivity (Wildman–Crippen MR) is 71.3 cm³/mol. The quantitative estimate of drug-likeness (QED) is 0.871. The minimum Gasteiger partial charge on any atom is -0.379 e. The lowest BCUT2D eigenvalue weighted by Crippen LogP contribution is -2.64. The SMILES string of the molecule is CC(C)c1ccc(C2(C(C)(C)N)COC2)cc1. The van der Waals surface area contributed by atoms with Gasteiger partial charge in [0.15, 0.2) is 0 Å². The highest BCUT2D eigenvalue weighted by atomic mass is 16.5. The van der Waals surface area contributed by atoms with Crippen molar-refractivity contribution in [1.29, 1.82) is 0 Å². The molecule has 1 aromatic carbocycles. The summed E-state index contributed by atoms with van der Waals surface area (Å²) >= 11 is 0. The molecule has 17 heavy (non-hydrogen) atoms. The smallest absolute Gasteiger partial charge is 0.0603 e. The molecule has 2 rings (SSSR count). The number of rotatable bonds is 3. The predicted octanol–water partition coefficient (Wildman–Crippen LogP) is 2.82. The van der Waals surface area contributed by atoms with Crippen molar-refractivity contribution < 1.29 is 4.74 Å². The van der Waals surface area contributed by atoms with Crippen LogP contribution in [0.15, 0.2) is 24.3 Å². The van der Waals surface area contributed by atoms with Gasteiger partial charge < -0.3 is 10.5 Å². The van der Waals surface area contributed by atoms with E-state index in [1.165, 1.54) is 11.1 Å². The van der Waals surface area contributed by atoms with Crippen molar-refractivity contribution in [2.45, 2.75) is 44.6 Å². The van der Waals surface area contributed by atoms with Crippen LogP contribution in [0.25, 0.3) is 0 Å². The molecule has 1 aliphatic heterocycles. The monoisotopic (exact) mass is 233 g/mol. The van der Waals surface area contributed by atoms with E-state index in [1.807, 2.05) is 0 Å². The second-order valence-electron chi connectivity index (χ2n) is 6.07. The van der Waals surface area contributed by atoms with Gasteiger partial charge in [-0.05, 0) is 30.9 Å². The summed E-state index contributed by atoms with van der Waals surface area (Å²) in [7, 11) is 0. The van der Waals surface area contributed by atoms with Crippen molar-refractivity contribution in [2.75, 3.05) is 13.2 Å². The van der Waals surface area contributed by atoms with Crippen LogP contribution in [-0.2, 0) is 10.2 Å². The van der Waals surface area contributed by atoms with Gasteiger partial charge in [0, 0.05) is 5.54 Å². The van der Waals surface area contributed by atoms with Crippen LogP contribution in [0, 0.1) is 0 Å². The standard InChI is InChI=1S/C15H23NO/c1-11(2)12-5-7-13(8-6-12)15(9-17-10-15)14(3,4)16/h5-8,11H,9-10,16H2,1-4H3. The van der Waals surface area contributed by atoms with Crippen molar-refractivity contribution in [2.24, 2.45) is 5.73 Å². The van der Waals surface area contributed by atoms with Crippen LogP contribution in [0.4, 0.5) is 0 Å². The largest absolute Gasteiger partial charge is 0.379 e. The molecule has 94 valence electrons. The van der Waals surface area contributed by atoms with Gasteiger partial charge in [-0.15, -0.1) is 0 Å². The first kappa shape index (κ1) is 12.6. The zero-order chi connectivity index (χ0) is 12.7. The molecule has 1 fully saturated rings. The van der Waals surface area contributed by atoms with E-state index in [-0.39, 0.29) is 11.0 Å². The Bertz CT molecular complexity index is 382. The van der Waals surface area contributed by atoms with E-state index in [2.05, 4.69) is 52.0 Å². The summed E-state index contributed by atoms with van der Waals surface area (Å²) < 4.78 is 5.42. The number of hydrogen-bond acceptors (Lipinski definition) is 2. The Labute approximate surface area is 104 Å². The van der Waals surface area contributed by atoms with E-state index in [0.29, 0.717) is 5.92 Å². The van der Waals surface area contributed by atoms with E-state index in [1.54, 1.807) is 0 Å². The first-order chi connectivity index (χ1) is 7.87. The fraction of sp³-hybridized carbons (Fsp3) is 0.600. The Morgan fingerprint density at radius 2 is 1.71 bits per heavy atom. The Morgan fingerprint density at radius 3 is 2.00 bits per heavy atom. The van der Waals surface area contributed by atoms with E-state index >= 15 is 0 Å². The molecule has 1 aliphatic rings. The summed E-state index contributed by atoms with van der Waals surface area (Å²) in [6.07, 6.45) is 0. The van der Waals surface area contributed by atoms with Crippen molar-refractivity contribution in [3.05, 3.63) is 35.4 Å². The lowest BCUT2D eigenvalue weighted by molar-refractivity contribution is -0.0919. The molecule has 2 heteroatoms. The molecule has 0 spiro atoms. The van der Waals surface area contributed by atoms with Gasteiger partial charge in [-0.2, -0.15) is 0 Å². The van der Waals surface area contributed by atoms with Crippen LogP contribution in [0.3, 0.4) is 0 Å². The van der Waals surface area contributed by atoms with Crippen LogP contribution in [-0.4, -0.2) is 18.8 Å². The fourth-order valence-corrected chi connectivity index (χ4v) is 2.40. The van der Waals surface area contributed by atoms with Crippen molar-refractivity contribution in [1.82, 2.24) is 0 Å². The number of nitrogens with two attached hydrogens (primary N) is 1. The Morgan fingerprint density at radius 1 is 1.18 bits per heavy atom. The lowest BCUT2D eigenvalue weighted by Gasteiger charge is -2.51. The minimum absolute atomic E-state index is 0.0114. The molecule has 1 aromatic rings. The van der Waals surface area contributed by atoms with Gasteiger partial charge in [0.2, 0.25) is 0 Å². The molecule has 2 nitrogen and oxygen atoms in total. The van der Waals surface area contributed by atoms with Gasteiger partial charge in [0.25, 0.3) is 0 Å². The van der Waals surface area contributed by atoms with Gasteiger partial charge in [0.05, 0.1) is 18.6 Å². The lowest BCUT2D eigenvalue weighted by atomic mass is 9.65. The first-order valence-corrected chi connectivity index (χ1v) is 6.34. The van der Waals surface area contributed by atoms with Gasteiger partial charge in [-0.25, -0.2) is 0 Å². The zero-order valence-corrected chi connectivity index (χ0v) is 11.3. The summed E-state index contributed by atoms with van der Waals surface area (Å²) in [4.78, 5) is 0. The highest BCUT2D eigenvalue weighted by molar-refractivity contribution is 5.35. The highest BCUT2D eigenvalue weighted by Gasteiger charge is 2.50. The van der Waals surface area contributed by atoms with Gasteiger partial charge in [-0.3, -0.25) is 0 Å². The molecule has 0 aromatic heterocycles. The topological polar surface area (TPSA) is 35.2 Å². The van der Waals surface area contributed by atoms with Crippen LogP contribution >= 0.6 is 0 Å². The molecular formula is C15H23NO. The Kier molecular flexibility index (Phi) is 3.04. The van der Waals surface area contributed by atoms with Gasteiger partial charge >= 0.3 is 0 Å². The third-order valence-corrected chi connectivity index (χ3v) is 4.06. The molecule has 1 heterocycles. The maximum atomic E-state index is 6.33. The molecule has 0 atom stereocenters. The maximum Gasteiger partial charge on any atom is 0.0603 e. The molecule has 0 aliphatic carbocycles. The normalized spacial score (nSPS) is 19.2. The third-order valence-electron chi connectivity index (χ3n) is 4.06. The fourth-order valence-electron chi connectivity index (χ4n) is 2.40. The van der Waals surface area contributed by atoms with Crippen molar-refractivity contribution >= 4 is 0 Å². The molecule has 1 saturated heterocycles. The van der Waals surface area contributed by atoms with Crippen molar-refractivity contribution in [3.8, 4) is 0 Å². The molecule has 0 amide bonds. The number of hydrogen-bond donors (Lipinski definition) is 1. The average Bonchev–Trinajstić information content (AvgIpc) is 2.14. The average molecular weight is 233 g/mol. The van der Waals surface area contributed by atoms with Gasteiger partial charge in [0.1, 0.15) is 0 Å². The number of ether oxygens (including phenoxy) is 1. The Hall–Kier alpha value is -0.860. The first-order valence-electron chi connectivity index (χ1n) is 6.34. The van der Waals surface area contributed by atoms with Crippen molar-refractivity contribution in [3.63, 3.8) is 0 Å². The second kappa shape index (κ2) is 4.11. The van der Waals surface area contributed by atoms with Gasteiger partial charge in [-0.1, -0.05) is 38.1 Å². The highest BCUT2D eigenvalue weighted by Crippen LogP contribution is 2.40. The summed E-state index contributed by atoms with van der Waals surface area (Å²) in [5, 5.41) is 0. The minimum atomic E-state index is -0.245. The van der Waals surface area contributed by atoms with E-state index < -0.39 is 0 Å². The summed E-state index contributed by atoms with van der Waals surface area (Å²) in [5.41, 5.74) is 8.75. The Balaban J connectivity index is 2.33. The third kappa shape index (κ3) is 2.00. The summed E-state index contributed by atoms with van der Waals surface area (Å²) in [6, 6.07) is 8.86. The van der Waals surface area contributed by atoms with E-state index in [4.69, 9.17) is 10.5 Å². The molecule has 0 bridgehead atoms. The van der Waals surface area contributed by atoms with Crippen LogP contribution in [0.2, 0.25) is 0 Å². The molecular weight excluding hydrogens is 210 g/mol. The van der Waals surface area contributed by atoms with E-state index in [0.717, 1.165) is 13.2 Å². The maximum absolute atomic E-state index is 6.33. The molecule has 0 unspecified atom stereocenters. The van der Waals surface area contributed by atoms with Crippen LogP contribution < -0.4 is 5.73 Å². The number of benzene rings is 1. The van der Waals surface area contributed by atoms with Crippen LogP contribution in [0.1, 0.15) is 44.7 Å². The summed E-state index contributed by atoms with van der Waals surface area (Å²) in [6.45, 7) is 10.1. The van der Waals surface area contributed by atoms with E-state index in [9.17, 15) is 0 Å². The molecule has 0 radical (unpaired) electrons. The molecule has 0 saturated carbocycles.